The summed E-state index contributed by atoms with van der Waals surface area (Å²) in [5.41, 5.74) is 6.42. The summed E-state index contributed by atoms with van der Waals surface area (Å²) in [6, 6.07) is 22.5. The van der Waals surface area contributed by atoms with E-state index in [-0.39, 0.29) is 20.1 Å². The predicted octanol–water partition coefficient (Wildman–Crippen LogP) is 5.18. The maximum atomic E-state index is 4.43. The quantitative estimate of drug-likeness (QED) is 0.264. The fourth-order valence-electron chi connectivity index (χ4n) is 3.54. The average molecular weight is 613 g/mol. The van der Waals surface area contributed by atoms with E-state index >= 15 is 0 Å². The molecule has 0 aliphatic carbocycles. The van der Waals surface area contributed by atoms with Crippen molar-refractivity contribution in [1.29, 1.82) is 0 Å². The topological polar surface area (TPSA) is 48.5 Å². The van der Waals surface area contributed by atoms with E-state index in [1.54, 1.807) is 6.20 Å². The van der Waals surface area contributed by atoms with E-state index < -0.39 is 0 Å². The van der Waals surface area contributed by atoms with Gasteiger partial charge in [0.1, 0.15) is 0 Å². The van der Waals surface area contributed by atoms with E-state index in [1.165, 1.54) is 11.1 Å². The summed E-state index contributed by atoms with van der Waals surface area (Å²) in [6.45, 7) is 4.19. The van der Waals surface area contributed by atoms with Crippen LogP contribution in [0.3, 0.4) is 0 Å². The molecule has 0 N–H and O–H groups in total. The smallest absolute Gasteiger partial charge is 0.0160 e. The first-order chi connectivity index (χ1) is 15.5. The van der Waals surface area contributed by atoms with Crippen LogP contribution in [-0.2, 0) is 34.2 Å². The third-order valence-electron chi connectivity index (χ3n) is 5.21. The molecule has 3 aromatic heterocycles. The number of hydrogen-bond acceptors (Lipinski definition) is 3. The van der Waals surface area contributed by atoms with E-state index in [2.05, 4.69) is 47.0 Å². The van der Waals surface area contributed by atoms with Crippen molar-refractivity contribution in [3.8, 4) is 34.0 Å². The van der Waals surface area contributed by atoms with Crippen molar-refractivity contribution >= 4 is 0 Å². The van der Waals surface area contributed by atoms with Gasteiger partial charge in [-0.2, -0.15) is 0 Å². The van der Waals surface area contributed by atoms with Crippen molar-refractivity contribution in [2.45, 2.75) is 13.8 Å². The molecule has 0 amide bonds. The van der Waals surface area contributed by atoms with E-state index in [9.17, 15) is 0 Å². The van der Waals surface area contributed by atoms with Crippen molar-refractivity contribution in [2.75, 3.05) is 0 Å². The molecule has 0 saturated heterocycles. The second-order valence-corrected chi connectivity index (χ2v) is 7.60. The molecule has 0 saturated carbocycles. The number of imidazole rings is 2. The molecule has 5 rings (SSSR count). The Bertz CT molecular complexity index is 1210. The summed E-state index contributed by atoms with van der Waals surface area (Å²) in [4.78, 5) is 13.1. The van der Waals surface area contributed by atoms with E-state index in [4.69, 9.17) is 0 Å². The average Bonchev–Trinajstić information content (AvgIpc) is 3.44. The standard InChI is InChI=1S/C16H17N4.C11H8N.Ir.H/c1-11-9-12(2)14(16-18-6-8-20(16)4)10-13(11)15-17-5-7-19(15)3;1-2-6-10(7-3-1)11-8-4-5-9-12-11;;/h5-9H,1-4H3;1-6,8-9H;;/q2*-1;+2;. The van der Waals surface area contributed by atoms with Gasteiger partial charge < -0.3 is 14.1 Å². The zero-order chi connectivity index (χ0) is 22.5. The van der Waals surface area contributed by atoms with Crippen LogP contribution in [0.4, 0.5) is 0 Å². The molecule has 0 fully saturated rings. The van der Waals surface area contributed by atoms with Gasteiger partial charge in [-0.1, -0.05) is 37.1 Å². The fourth-order valence-corrected chi connectivity index (χ4v) is 3.54. The molecule has 5 aromatic rings. The molecule has 0 aliphatic rings. The zero-order valence-corrected chi connectivity index (χ0v) is 21.6. The Balaban J connectivity index is 0.000000202. The summed E-state index contributed by atoms with van der Waals surface area (Å²) in [7, 11) is 3.99. The Morgan fingerprint density at radius 2 is 1.33 bits per heavy atom. The molecular weight excluding hydrogens is 587 g/mol. The van der Waals surface area contributed by atoms with Crippen LogP contribution in [0.15, 0.2) is 79.5 Å². The van der Waals surface area contributed by atoms with Crippen molar-refractivity contribution in [3.05, 3.63) is 103 Å². The van der Waals surface area contributed by atoms with Crippen LogP contribution in [0.1, 0.15) is 11.1 Å². The van der Waals surface area contributed by atoms with Crippen LogP contribution >= 0.6 is 0 Å². The van der Waals surface area contributed by atoms with Gasteiger partial charge in [-0.3, -0.25) is 9.97 Å². The van der Waals surface area contributed by atoms with E-state index in [1.807, 2.05) is 90.5 Å². The first-order valence-corrected chi connectivity index (χ1v) is 10.4. The van der Waals surface area contributed by atoms with Crippen molar-refractivity contribution in [1.82, 2.24) is 24.1 Å². The monoisotopic (exact) mass is 613 g/mol. The molecular formula is C27H26IrN5. The maximum Gasteiger partial charge on any atom is 0.0160 e. The molecule has 0 spiro atoms. The number of nitrogens with zero attached hydrogens (tertiary/aromatic N) is 5. The minimum absolute atomic E-state index is 0. The van der Waals surface area contributed by atoms with Gasteiger partial charge >= 0.3 is 20.1 Å². The molecule has 0 aliphatic heterocycles. The van der Waals surface area contributed by atoms with E-state index in [0.717, 1.165) is 34.0 Å². The zero-order valence-electron chi connectivity index (χ0n) is 19.1. The van der Waals surface area contributed by atoms with Gasteiger partial charge in [-0.25, -0.2) is 0 Å². The van der Waals surface area contributed by atoms with Crippen LogP contribution < -0.4 is 0 Å². The molecule has 0 unspecified atom stereocenters. The van der Waals surface area contributed by atoms with Gasteiger partial charge in [0.05, 0.1) is 11.6 Å². The second-order valence-electron chi connectivity index (χ2n) is 7.60. The van der Waals surface area contributed by atoms with Crippen molar-refractivity contribution in [2.24, 2.45) is 14.1 Å². The number of aromatic nitrogens is 5. The van der Waals surface area contributed by atoms with Crippen LogP contribution in [0.5, 0.6) is 0 Å². The fraction of sp³-hybridized carbons (Fsp3) is 0.148. The third kappa shape index (κ3) is 5.54. The van der Waals surface area contributed by atoms with Gasteiger partial charge in [0.2, 0.25) is 0 Å². The maximum absolute atomic E-state index is 4.43. The van der Waals surface area contributed by atoms with Gasteiger partial charge in [-0.15, -0.1) is 59.2 Å². The Hall–Kier alpha value is -3.34. The molecule has 3 heterocycles. The summed E-state index contributed by atoms with van der Waals surface area (Å²) in [6.07, 6.45) is 9.30. The van der Waals surface area contributed by atoms with Gasteiger partial charge in [0.25, 0.3) is 0 Å². The van der Waals surface area contributed by atoms with Gasteiger partial charge in [0.15, 0.2) is 0 Å². The second kappa shape index (κ2) is 11.0. The number of benzene rings is 2. The summed E-state index contributed by atoms with van der Waals surface area (Å²) < 4.78 is 4.02. The SMILES string of the molecule is Cc1cc(C)c(-c2nccn2C)[c-]c1-c1nccn1C.[IrH+2].[c-]1ccccc1-c1ccccn1. The molecule has 5 nitrogen and oxygen atoms in total. The van der Waals surface area contributed by atoms with Crippen LogP contribution in [-0.4, -0.2) is 24.1 Å². The van der Waals surface area contributed by atoms with Crippen LogP contribution in [0.2, 0.25) is 0 Å². The van der Waals surface area contributed by atoms with Crippen LogP contribution in [0, 0.1) is 26.0 Å². The minimum Gasteiger partial charge on any atom is -0.305 e. The molecule has 2 aromatic carbocycles. The summed E-state index contributed by atoms with van der Waals surface area (Å²) in [5.74, 6) is 1.86. The number of aryl methyl sites for hydroxylation is 4. The Morgan fingerprint density at radius 1 is 0.727 bits per heavy atom. The van der Waals surface area contributed by atoms with E-state index in [0.29, 0.717) is 0 Å². The van der Waals surface area contributed by atoms with Crippen molar-refractivity contribution in [3.63, 3.8) is 0 Å². The Kier molecular flexibility index (Phi) is 8.10. The normalized spacial score (nSPS) is 10.2. The van der Waals surface area contributed by atoms with Gasteiger partial charge in [-0.05, 0) is 11.8 Å². The molecule has 33 heavy (non-hydrogen) atoms. The molecule has 6 heteroatoms. The summed E-state index contributed by atoms with van der Waals surface area (Å²) in [5, 5.41) is 0. The summed E-state index contributed by atoms with van der Waals surface area (Å²) >= 11 is 0. The number of pyridine rings is 1. The van der Waals surface area contributed by atoms with Gasteiger partial charge in [0, 0.05) is 45.1 Å². The number of rotatable bonds is 3. The van der Waals surface area contributed by atoms with Crippen molar-refractivity contribution < 1.29 is 20.1 Å². The largest absolute Gasteiger partial charge is 0.305 e. The molecule has 0 atom stereocenters. The first kappa shape index (κ1) is 24.3. The number of hydrogen-bond donors (Lipinski definition) is 0. The predicted molar refractivity (Wildman–Crippen MR) is 129 cm³/mol. The third-order valence-corrected chi connectivity index (χ3v) is 5.21. The Labute approximate surface area is 208 Å². The minimum atomic E-state index is 0. The first-order valence-electron chi connectivity index (χ1n) is 10.4. The molecule has 168 valence electrons. The molecule has 0 bridgehead atoms. The molecule has 1 radical (unpaired) electrons. The van der Waals surface area contributed by atoms with Crippen LogP contribution in [0.25, 0.3) is 34.0 Å². The Morgan fingerprint density at radius 3 is 1.79 bits per heavy atom.